The second-order valence-corrected chi connectivity index (χ2v) is 6.11. The van der Waals surface area contributed by atoms with E-state index < -0.39 is 5.97 Å². The summed E-state index contributed by atoms with van der Waals surface area (Å²) in [6.07, 6.45) is 0. The van der Waals surface area contributed by atoms with Crippen molar-refractivity contribution in [1.82, 2.24) is 9.97 Å². The highest BCUT2D eigenvalue weighted by atomic mass is 16.5. The number of carbonyl (C=O) groups is 1. The molecule has 3 rings (SSSR count). The van der Waals surface area contributed by atoms with Gasteiger partial charge in [-0.1, -0.05) is 6.07 Å². The molecular weight excluding hydrogens is 372 g/mol. The highest BCUT2D eigenvalue weighted by Crippen LogP contribution is 2.31. The first-order valence-corrected chi connectivity index (χ1v) is 8.82. The van der Waals surface area contributed by atoms with Gasteiger partial charge in [-0.15, -0.1) is 0 Å². The van der Waals surface area contributed by atoms with E-state index in [9.17, 15) is 4.79 Å². The number of aromatic nitrogens is 2. The van der Waals surface area contributed by atoms with E-state index in [0.717, 1.165) is 5.69 Å². The highest BCUT2D eigenvalue weighted by molar-refractivity contribution is 5.90. The number of hydrogen-bond acceptors (Lipinski definition) is 8. The number of benzene rings is 2. The van der Waals surface area contributed by atoms with Gasteiger partial charge in [0.2, 0.25) is 5.95 Å². The second kappa shape index (κ2) is 8.92. The number of anilines is 4. The van der Waals surface area contributed by atoms with Crippen molar-refractivity contribution in [2.45, 2.75) is 6.92 Å². The van der Waals surface area contributed by atoms with E-state index in [2.05, 4.69) is 20.6 Å². The van der Waals surface area contributed by atoms with Crippen molar-refractivity contribution in [3.63, 3.8) is 0 Å². The van der Waals surface area contributed by atoms with Gasteiger partial charge in [0, 0.05) is 23.5 Å². The SMILES string of the molecule is COC(=O)c1cccc(Nc2nc(C)cc(Nc3cc(OC)ccc3OC)n2)c1. The number of esters is 1. The summed E-state index contributed by atoms with van der Waals surface area (Å²) in [4.78, 5) is 20.6. The van der Waals surface area contributed by atoms with Crippen LogP contribution in [0.2, 0.25) is 0 Å². The van der Waals surface area contributed by atoms with Crippen LogP contribution in [0.3, 0.4) is 0 Å². The number of aryl methyl sites for hydroxylation is 1. The third kappa shape index (κ3) is 4.92. The van der Waals surface area contributed by atoms with Gasteiger partial charge in [0.05, 0.1) is 32.6 Å². The van der Waals surface area contributed by atoms with Crippen molar-refractivity contribution < 1.29 is 19.0 Å². The lowest BCUT2D eigenvalue weighted by molar-refractivity contribution is 0.0601. The number of nitrogens with zero attached hydrogens (tertiary/aromatic N) is 2. The van der Waals surface area contributed by atoms with Gasteiger partial charge in [-0.3, -0.25) is 0 Å². The molecule has 3 aromatic rings. The maximum Gasteiger partial charge on any atom is 0.337 e. The van der Waals surface area contributed by atoms with Crippen molar-refractivity contribution in [2.24, 2.45) is 0 Å². The molecular formula is C21H22N4O4. The van der Waals surface area contributed by atoms with E-state index in [0.29, 0.717) is 40.2 Å². The summed E-state index contributed by atoms with van der Waals surface area (Å²) < 4.78 is 15.4. The fraction of sp³-hybridized carbons (Fsp3) is 0.190. The van der Waals surface area contributed by atoms with Crippen molar-refractivity contribution >= 4 is 29.1 Å². The Labute approximate surface area is 168 Å². The van der Waals surface area contributed by atoms with Crippen molar-refractivity contribution in [1.29, 1.82) is 0 Å². The van der Waals surface area contributed by atoms with E-state index in [4.69, 9.17) is 14.2 Å². The van der Waals surface area contributed by atoms with Gasteiger partial charge in [0.15, 0.2) is 0 Å². The Hall–Kier alpha value is -3.81. The Balaban J connectivity index is 1.87. The molecule has 0 radical (unpaired) electrons. The molecule has 8 heteroatoms. The molecule has 150 valence electrons. The topological polar surface area (TPSA) is 94.6 Å². The third-order valence-electron chi connectivity index (χ3n) is 4.06. The van der Waals surface area contributed by atoms with Crippen LogP contribution in [0.4, 0.5) is 23.1 Å². The van der Waals surface area contributed by atoms with E-state index >= 15 is 0 Å². The molecule has 0 saturated carbocycles. The van der Waals surface area contributed by atoms with E-state index in [1.54, 1.807) is 32.4 Å². The Bertz CT molecular complexity index is 1020. The zero-order valence-corrected chi connectivity index (χ0v) is 16.6. The van der Waals surface area contributed by atoms with Gasteiger partial charge in [0.25, 0.3) is 0 Å². The number of methoxy groups -OCH3 is 3. The Morgan fingerprint density at radius 3 is 2.48 bits per heavy atom. The van der Waals surface area contributed by atoms with Crippen LogP contribution < -0.4 is 20.1 Å². The molecule has 0 spiro atoms. The minimum absolute atomic E-state index is 0.386. The van der Waals surface area contributed by atoms with E-state index in [-0.39, 0.29) is 0 Å². The molecule has 0 bridgehead atoms. The summed E-state index contributed by atoms with van der Waals surface area (Å²) in [6, 6.07) is 14.2. The molecule has 8 nitrogen and oxygen atoms in total. The number of ether oxygens (including phenoxy) is 3. The second-order valence-electron chi connectivity index (χ2n) is 6.11. The van der Waals surface area contributed by atoms with Crippen LogP contribution in [0.1, 0.15) is 16.1 Å². The van der Waals surface area contributed by atoms with Crippen LogP contribution in [-0.4, -0.2) is 37.3 Å². The summed E-state index contributed by atoms with van der Waals surface area (Å²) in [6.45, 7) is 1.87. The molecule has 0 unspecified atom stereocenters. The summed E-state index contributed by atoms with van der Waals surface area (Å²) in [5.74, 6) is 1.90. The van der Waals surface area contributed by atoms with Crippen LogP contribution in [-0.2, 0) is 4.74 Å². The monoisotopic (exact) mass is 394 g/mol. The lowest BCUT2D eigenvalue weighted by Gasteiger charge is -2.14. The fourth-order valence-corrected chi connectivity index (χ4v) is 2.71. The van der Waals surface area contributed by atoms with Crippen LogP contribution in [0.15, 0.2) is 48.5 Å². The quantitative estimate of drug-likeness (QED) is 0.579. The van der Waals surface area contributed by atoms with Gasteiger partial charge < -0.3 is 24.8 Å². The normalized spacial score (nSPS) is 10.2. The van der Waals surface area contributed by atoms with Crippen LogP contribution in [0, 0.1) is 6.92 Å². The molecule has 0 aliphatic rings. The molecule has 0 atom stereocenters. The first-order valence-electron chi connectivity index (χ1n) is 8.82. The van der Waals surface area contributed by atoms with Crippen molar-refractivity contribution in [2.75, 3.05) is 32.0 Å². The largest absolute Gasteiger partial charge is 0.497 e. The number of nitrogens with one attached hydrogen (secondary N) is 2. The molecule has 0 aliphatic carbocycles. The molecule has 29 heavy (non-hydrogen) atoms. The van der Waals surface area contributed by atoms with Gasteiger partial charge in [-0.05, 0) is 37.3 Å². The molecule has 1 aromatic heterocycles. The lowest BCUT2D eigenvalue weighted by Crippen LogP contribution is -2.05. The summed E-state index contributed by atoms with van der Waals surface area (Å²) in [5.41, 5.74) is 2.58. The van der Waals surface area contributed by atoms with Gasteiger partial charge in [0.1, 0.15) is 17.3 Å². The fourth-order valence-electron chi connectivity index (χ4n) is 2.71. The van der Waals surface area contributed by atoms with E-state index in [1.807, 2.05) is 37.3 Å². The Morgan fingerprint density at radius 1 is 0.931 bits per heavy atom. The average molecular weight is 394 g/mol. The Morgan fingerprint density at radius 2 is 1.76 bits per heavy atom. The number of carbonyl (C=O) groups excluding carboxylic acids is 1. The smallest absolute Gasteiger partial charge is 0.337 e. The summed E-state index contributed by atoms with van der Waals surface area (Å²) >= 11 is 0. The summed E-state index contributed by atoms with van der Waals surface area (Å²) in [5, 5.41) is 6.35. The zero-order valence-electron chi connectivity index (χ0n) is 16.6. The standard InChI is InChI=1S/C21H22N4O4/c1-13-10-19(24-17-12-16(27-2)8-9-18(17)28-3)25-21(22-13)23-15-7-5-6-14(11-15)20(26)29-4/h5-12H,1-4H3,(H2,22,23,24,25). The van der Waals surface area contributed by atoms with Gasteiger partial charge >= 0.3 is 5.97 Å². The number of rotatable bonds is 7. The minimum atomic E-state index is -0.411. The highest BCUT2D eigenvalue weighted by Gasteiger charge is 2.10. The molecule has 0 amide bonds. The molecule has 2 aromatic carbocycles. The molecule has 0 aliphatic heterocycles. The van der Waals surface area contributed by atoms with Gasteiger partial charge in [-0.2, -0.15) is 4.98 Å². The summed E-state index contributed by atoms with van der Waals surface area (Å²) in [7, 11) is 4.54. The van der Waals surface area contributed by atoms with Crippen molar-refractivity contribution in [3.05, 3.63) is 59.8 Å². The van der Waals surface area contributed by atoms with Crippen LogP contribution in [0.25, 0.3) is 0 Å². The number of hydrogen-bond donors (Lipinski definition) is 2. The average Bonchev–Trinajstić information content (AvgIpc) is 2.72. The van der Waals surface area contributed by atoms with Gasteiger partial charge in [-0.25, -0.2) is 9.78 Å². The first kappa shape index (κ1) is 19.9. The third-order valence-corrected chi connectivity index (χ3v) is 4.06. The van der Waals surface area contributed by atoms with Crippen molar-refractivity contribution in [3.8, 4) is 11.5 Å². The minimum Gasteiger partial charge on any atom is -0.497 e. The molecule has 0 fully saturated rings. The zero-order chi connectivity index (χ0) is 20.8. The van der Waals surface area contributed by atoms with E-state index in [1.165, 1.54) is 7.11 Å². The van der Waals surface area contributed by atoms with Crippen LogP contribution >= 0.6 is 0 Å². The molecule has 0 saturated heterocycles. The lowest BCUT2D eigenvalue weighted by atomic mass is 10.2. The predicted molar refractivity (Wildman–Crippen MR) is 111 cm³/mol. The molecule has 1 heterocycles. The first-order chi connectivity index (χ1) is 14.0. The predicted octanol–water partition coefficient (Wildman–Crippen LogP) is 4.08. The van der Waals surface area contributed by atoms with Crippen LogP contribution in [0.5, 0.6) is 11.5 Å². The maximum atomic E-state index is 11.7. The maximum absolute atomic E-state index is 11.7. The molecule has 2 N–H and O–H groups in total. The Kier molecular flexibility index (Phi) is 6.13.